The predicted octanol–water partition coefficient (Wildman–Crippen LogP) is 2.00. The fraction of sp³-hybridized carbons (Fsp3) is 0.467. The molecule has 0 fully saturated rings. The van der Waals surface area contributed by atoms with Gasteiger partial charge in [-0.2, -0.15) is 0 Å². The smallest absolute Gasteiger partial charge is 0.251 e. The number of ketones is 1. The van der Waals surface area contributed by atoms with Crippen LogP contribution in [0.25, 0.3) is 0 Å². The van der Waals surface area contributed by atoms with Crippen LogP contribution in [-0.2, 0) is 26.2 Å². The summed E-state index contributed by atoms with van der Waals surface area (Å²) in [5, 5.41) is 19.3. The number of nitrogens with zero attached hydrogens (tertiary/aromatic N) is 1. The Kier molecular flexibility index (Phi) is 10.9. The number of carbonyl (C=O) groups is 4. The van der Waals surface area contributed by atoms with Crippen molar-refractivity contribution in [3.63, 3.8) is 0 Å². The maximum Gasteiger partial charge on any atom is 0.251 e. The number of benzene rings is 2. The number of Topliss-reactive ketones (excluding diaryl/α,β-unsaturated/α-hetero) is 1. The Hall–Kier alpha value is -3.77. The molecule has 0 saturated heterocycles. The molecule has 0 unspecified atom stereocenters. The summed E-state index contributed by atoms with van der Waals surface area (Å²) < 4.78 is 25.6. The van der Waals surface area contributed by atoms with Crippen molar-refractivity contribution in [3.8, 4) is 0 Å². The van der Waals surface area contributed by atoms with Gasteiger partial charge in [0.15, 0.2) is 5.78 Å². The van der Waals surface area contributed by atoms with E-state index in [0.29, 0.717) is 13.0 Å². The van der Waals surface area contributed by atoms with Crippen LogP contribution in [-0.4, -0.2) is 68.0 Å². The lowest BCUT2D eigenvalue weighted by molar-refractivity contribution is -0.131. The highest BCUT2D eigenvalue weighted by atomic mass is 32.2. The van der Waals surface area contributed by atoms with Crippen molar-refractivity contribution in [2.75, 3.05) is 17.1 Å². The number of amides is 3. The largest absolute Gasteiger partial charge is 0.391 e. The Balaban J connectivity index is 1.62. The van der Waals surface area contributed by atoms with Gasteiger partial charge < -0.3 is 21.1 Å². The molecule has 0 bridgehead atoms. The fourth-order valence-electron chi connectivity index (χ4n) is 4.72. The van der Waals surface area contributed by atoms with E-state index in [1.54, 1.807) is 13.8 Å². The van der Waals surface area contributed by atoms with E-state index in [1.807, 2.05) is 44.2 Å². The van der Waals surface area contributed by atoms with Crippen LogP contribution < -0.4 is 20.3 Å². The van der Waals surface area contributed by atoms with Gasteiger partial charge in [0, 0.05) is 30.6 Å². The van der Waals surface area contributed by atoms with Crippen LogP contribution in [0, 0.1) is 11.8 Å². The highest BCUT2D eigenvalue weighted by Gasteiger charge is 2.34. The summed E-state index contributed by atoms with van der Waals surface area (Å²) in [4.78, 5) is 50.8. The zero-order valence-electron chi connectivity index (χ0n) is 24.6. The lowest BCUT2D eigenvalue weighted by atomic mass is 9.92. The summed E-state index contributed by atoms with van der Waals surface area (Å²) in [6.07, 6.45) is -0.639. The molecule has 0 spiro atoms. The van der Waals surface area contributed by atoms with Crippen LogP contribution in [0.3, 0.4) is 0 Å². The third kappa shape index (κ3) is 8.39. The van der Waals surface area contributed by atoms with Crippen LogP contribution in [0.1, 0.15) is 66.8 Å². The summed E-state index contributed by atoms with van der Waals surface area (Å²) in [5.74, 6) is -3.03. The number of aliphatic hydroxyl groups is 1. The Morgan fingerprint density at radius 2 is 1.62 bits per heavy atom. The molecule has 4 atom stereocenters. The van der Waals surface area contributed by atoms with Crippen molar-refractivity contribution in [2.24, 2.45) is 11.8 Å². The first-order chi connectivity index (χ1) is 19.7. The van der Waals surface area contributed by atoms with Crippen molar-refractivity contribution < 1.29 is 32.7 Å². The molecule has 4 N–H and O–H groups in total. The van der Waals surface area contributed by atoms with E-state index in [1.165, 1.54) is 25.2 Å². The number of nitrogens with one attached hydrogen (secondary N) is 3. The molecular weight excluding hydrogens is 560 g/mol. The first-order valence-electron chi connectivity index (χ1n) is 13.9. The minimum Gasteiger partial charge on any atom is -0.391 e. The lowest BCUT2D eigenvalue weighted by Gasteiger charge is -2.29. The fourth-order valence-corrected chi connectivity index (χ4v) is 5.86. The molecule has 2 aromatic carbocycles. The van der Waals surface area contributed by atoms with Crippen LogP contribution in [0.5, 0.6) is 0 Å². The molecule has 0 aliphatic carbocycles. The molecule has 228 valence electrons. The second-order valence-electron chi connectivity index (χ2n) is 11.2. The van der Waals surface area contributed by atoms with Gasteiger partial charge in [-0.05, 0) is 49.4 Å². The van der Waals surface area contributed by atoms with E-state index in [2.05, 4.69) is 16.0 Å². The zero-order valence-corrected chi connectivity index (χ0v) is 25.4. The van der Waals surface area contributed by atoms with Crippen LogP contribution in [0.4, 0.5) is 5.69 Å². The minimum absolute atomic E-state index is 0.0293. The van der Waals surface area contributed by atoms with Gasteiger partial charge in [0.05, 0.1) is 17.8 Å². The van der Waals surface area contributed by atoms with Crippen LogP contribution in [0.15, 0.2) is 48.5 Å². The molecule has 1 aliphatic rings. The van der Waals surface area contributed by atoms with Gasteiger partial charge in [-0.1, -0.05) is 51.1 Å². The molecule has 11 nitrogen and oxygen atoms in total. The van der Waals surface area contributed by atoms with Gasteiger partial charge in [-0.3, -0.25) is 23.5 Å². The van der Waals surface area contributed by atoms with Gasteiger partial charge in [0.25, 0.3) is 5.91 Å². The SMILES string of the molecule is CC(C)C[C@H](NC(=O)c1ccc2c(c1)N(C)S(=O)(=O)CC2=O)[C@@H](O)C[C@@H](C)C(=O)N[C@H](C)C(=O)NCc1ccccc1. The molecule has 12 heteroatoms. The number of fused-ring (bicyclic) bond motifs is 1. The number of anilines is 1. The number of aliphatic hydroxyl groups excluding tert-OH is 1. The molecule has 3 rings (SSSR count). The Morgan fingerprint density at radius 1 is 0.952 bits per heavy atom. The van der Waals surface area contributed by atoms with Crippen LogP contribution >= 0.6 is 0 Å². The van der Waals surface area contributed by atoms with Crippen molar-refractivity contribution in [2.45, 2.75) is 65.3 Å². The summed E-state index contributed by atoms with van der Waals surface area (Å²) in [5.41, 5.74) is 1.39. The standard InChI is InChI=1S/C30H40N4O7S/c1-18(2)13-24(33-30(39)22-11-12-23-25(15-22)34(5)42(40,41)17-27(23)36)26(35)14-19(3)28(37)32-20(4)29(38)31-16-21-9-7-6-8-10-21/h6-12,15,18-20,24,26,35H,13-14,16-17H2,1-5H3,(H,31,38)(H,32,37)(H,33,39)/t19-,20-,24+,26+/m1/s1. The van der Waals surface area contributed by atoms with Gasteiger partial charge in [0.2, 0.25) is 21.8 Å². The maximum absolute atomic E-state index is 13.2. The maximum atomic E-state index is 13.2. The summed E-state index contributed by atoms with van der Waals surface area (Å²) in [6, 6.07) is 12.1. The van der Waals surface area contributed by atoms with Crippen molar-refractivity contribution in [1.29, 1.82) is 0 Å². The van der Waals surface area contributed by atoms with Gasteiger partial charge in [0.1, 0.15) is 11.8 Å². The van der Waals surface area contributed by atoms with E-state index in [4.69, 9.17) is 0 Å². The molecule has 1 aliphatic heterocycles. The normalized spacial score (nSPS) is 17.0. The molecule has 0 saturated carbocycles. The van der Waals surface area contributed by atoms with E-state index in [0.717, 1.165) is 9.87 Å². The van der Waals surface area contributed by atoms with E-state index < -0.39 is 57.5 Å². The second kappa shape index (κ2) is 13.9. The van der Waals surface area contributed by atoms with Gasteiger partial charge >= 0.3 is 0 Å². The number of sulfonamides is 1. The molecule has 3 amide bonds. The first-order valence-corrected chi connectivity index (χ1v) is 15.5. The van der Waals surface area contributed by atoms with E-state index in [9.17, 15) is 32.7 Å². The summed E-state index contributed by atoms with van der Waals surface area (Å²) >= 11 is 0. The lowest BCUT2D eigenvalue weighted by Crippen LogP contribution is -2.48. The second-order valence-corrected chi connectivity index (χ2v) is 13.2. The topological polar surface area (TPSA) is 162 Å². The summed E-state index contributed by atoms with van der Waals surface area (Å²) in [6.45, 7) is 7.41. The number of carbonyl (C=O) groups excluding carboxylic acids is 4. The Labute approximate surface area is 247 Å². The van der Waals surface area contributed by atoms with Crippen molar-refractivity contribution in [3.05, 3.63) is 65.2 Å². The molecule has 42 heavy (non-hydrogen) atoms. The molecule has 0 aromatic heterocycles. The third-order valence-electron chi connectivity index (χ3n) is 7.24. The molecular formula is C30H40N4O7S. The average Bonchev–Trinajstić information content (AvgIpc) is 2.93. The quantitative estimate of drug-likeness (QED) is 0.290. The highest BCUT2D eigenvalue weighted by molar-refractivity contribution is 7.93. The third-order valence-corrected chi connectivity index (χ3v) is 8.90. The molecule has 0 radical (unpaired) electrons. The van der Waals surface area contributed by atoms with E-state index >= 15 is 0 Å². The zero-order chi connectivity index (χ0) is 31.2. The Bertz CT molecular complexity index is 1410. The Morgan fingerprint density at radius 3 is 2.26 bits per heavy atom. The predicted molar refractivity (Wildman–Crippen MR) is 159 cm³/mol. The number of rotatable bonds is 12. The van der Waals surface area contributed by atoms with Crippen molar-refractivity contribution >= 4 is 39.2 Å². The monoisotopic (exact) mass is 600 g/mol. The highest BCUT2D eigenvalue weighted by Crippen LogP contribution is 2.29. The average molecular weight is 601 g/mol. The minimum atomic E-state index is -3.82. The van der Waals surface area contributed by atoms with Gasteiger partial charge in [-0.25, -0.2) is 8.42 Å². The summed E-state index contributed by atoms with van der Waals surface area (Å²) in [7, 11) is -2.49. The van der Waals surface area contributed by atoms with Gasteiger partial charge in [-0.15, -0.1) is 0 Å². The molecule has 2 aromatic rings. The van der Waals surface area contributed by atoms with E-state index in [-0.39, 0.29) is 35.1 Å². The van der Waals surface area contributed by atoms with Crippen LogP contribution in [0.2, 0.25) is 0 Å². The number of hydrogen-bond acceptors (Lipinski definition) is 7. The van der Waals surface area contributed by atoms with Crippen molar-refractivity contribution in [1.82, 2.24) is 16.0 Å². The number of hydrogen-bond donors (Lipinski definition) is 4. The first kappa shape index (κ1) is 32.7. The molecule has 1 heterocycles.